The third kappa shape index (κ3) is 7.17. The zero-order valence-corrected chi connectivity index (χ0v) is 19.8. The molecule has 1 heterocycles. The summed E-state index contributed by atoms with van der Waals surface area (Å²) in [6.45, 7) is 18.6. The van der Waals surface area contributed by atoms with E-state index < -0.39 is 0 Å². The first-order chi connectivity index (χ1) is 13.5. The maximum absolute atomic E-state index is 6.21. The van der Waals surface area contributed by atoms with E-state index in [2.05, 4.69) is 46.4 Å². The van der Waals surface area contributed by atoms with Crippen LogP contribution in [0.15, 0.2) is 0 Å². The molecule has 0 amide bonds. The third-order valence-corrected chi connectivity index (χ3v) is 6.60. The van der Waals surface area contributed by atoms with Gasteiger partial charge in [-0.2, -0.15) is 0 Å². The largest absolute Gasteiger partial charge is 0.381 e. The van der Waals surface area contributed by atoms with Crippen LogP contribution < -0.4 is 0 Å². The summed E-state index contributed by atoms with van der Waals surface area (Å²) in [7, 11) is 0. The Morgan fingerprint density at radius 1 is 0.828 bits per heavy atom. The zero-order valence-electron chi connectivity index (χ0n) is 19.8. The Balaban J connectivity index is 1.20. The van der Waals surface area contributed by atoms with Crippen LogP contribution in [0.2, 0.25) is 0 Å². The van der Waals surface area contributed by atoms with Crippen LogP contribution in [0.1, 0.15) is 80.1 Å². The smallest absolute Gasteiger partial charge is 0.0829 e. The first kappa shape index (κ1) is 23.5. The van der Waals surface area contributed by atoms with E-state index in [9.17, 15) is 0 Å². The van der Waals surface area contributed by atoms with Crippen LogP contribution in [0.5, 0.6) is 0 Å². The van der Waals surface area contributed by atoms with E-state index in [1.165, 1.54) is 19.3 Å². The summed E-state index contributed by atoms with van der Waals surface area (Å²) in [4.78, 5) is 2.47. The topological polar surface area (TPSA) is 40.2 Å². The Kier molecular flexibility index (Phi) is 7.70. The van der Waals surface area contributed by atoms with E-state index in [1.54, 1.807) is 0 Å². The van der Waals surface area contributed by atoms with Crippen molar-refractivity contribution in [2.75, 3.05) is 39.5 Å². The predicted octanol–water partition coefficient (Wildman–Crippen LogP) is 4.43. The Hall–Kier alpha value is -0.200. The molecule has 1 aliphatic heterocycles. The van der Waals surface area contributed by atoms with E-state index in [0.717, 1.165) is 58.8 Å². The molecule has 1 saturated heterocycles. The van der Waals surface area contributed by atoms with Gasteiger partial charge in [-0.05, 0) is 73.6 Å². The lowest BCUT2D eigenvalue weighted by atomic mass is 9.70. The van der Waals surface area contributed by atoms with E-state index in [0.29, 0.717) is 18.3 Å². The van der Waals surface area contributed by atoms with Crippen molar-refractivity contribution < 1.29 is 18.9 Å². The van der Waals surface area contributed by atoms with Crippen LogP contribution in [0.25, 0.3) is 0 Å². The van der Waals surface area contributed by atoms with Crippen LogP contribution in [-0.4, -0.2) is 73.9 Å². The fourth-order valence-electron chi connectivity index (χ4n) is 4.34. The second-order valence-corrected chi connectivity index (χ2v) is 11.6. The molecule has 5 nitrogen and oxygen atoms in total. The second kappa shape index (κ2) is 9.52. The minimum absolute atomic E-state index is 0.0486. The molecule has 0 radical (unpaired) electrons. The molecule has 3 aliphatic rings. The maximum Gasteiger partial charge on any atom is 0.0829 e. The molecule has 2 aliphatic carbocycles. The van der Waals surface area contributed by atoms with Gasteiger partial charge in [0.2, 0.25) is 0 Å². The van der Waals surface area contributed by atoms with E-state index >= 15 is 0 Å². The standard InChI is InChI=1S/C24H45NO4/c1-22(2,3)25-15-21(16-25)27-12-8-11-26-17-24(9-7-10-24)18-28-19-13-20(14-19)29-23(4,5)6/h19-21H,7-18H2,1-6H3. The number of nitrogens with zero attached hydrogens (tertiary/aromatic N) is 1. The third-order valence-electron chi connectivity index (χ3n) is 6.60. The van der Waals surface area contributed by atoms with E-state index in [4.69, 9.17) is 18.9 Å². The van der Waals surface area contributed by atoms with Crippen molar-refractivity contribution >= 4 is 0 Å². The molecular formula is C24H45NO4. The average molecular weight is 412 g/mol. The number of hydrogen-bond donors (Lipinski definition) is 0. The van der Waals surface area contributed by atoms with Crippen LogP contribution in [0, 0.1) is 5.41 Å². The van der Waals surface area contributed by atoms with Gasteiger partial charge in [-0.3, -0.25) is 4.90 Å². The molecule has 0 aromatic carbocycles. The monoisotopic (exact) mass is 411 g/mol. The second-order valence-electron chi connectivity index (χ2n) is 11.6. The van der Waals surface area contributed by atoms with Crippen molar-refractivity contribution in [2.45, 2.75) is 110 Å². The molecule has 0 N–H and O–H groups in total. The highest BCUT2D eigenvalue weighted by Crippen LogP contribution is 2.42. The lowest BCUT2D eigenvalue weighted by molar-refractivity contribution is -0.169. The summed E-state index contributed by atoms with van der Waals surface area (Å²) in [5, 5.41) is 0. The van der Waals surface area contributed by atoms with Gasteiger partial charge in [0.25, 0.3) is 0 Å². The average Bonchev–Trinajstić information content (AvgIpc) is 2.47. The summed E-state index contributed by atoms with van der Waals surface area (Å²) in [6, 6.07) is 0. The molecule has 0 spiro atoms. The molecule has 0 unspecified atom stereocenters. The van der Waals surface area contributed by atoms with Gasteiger partial charge >= 0.3 is 0 Å². The van der Waals surface area contributed by atoms with Gasteiger partial charge in [-0.25, -0.2) is 0 Å². The van der Waals surface area contributed by atoms with Crippen molar-refractivity contribution in [3.8, 4) is 0 Å². The number of rotatable bonds is 11. The molecule has 0 bridgehead atoms. The van der Waals surface area contributed by atoms with Gasteiger partial charge in [-0.1, -0.05) is 6.42 Å². The summed E-state index contributed by atoms with van der Waals surface area (Å²) in [5.41, 5.74) is 0.479. The Labute approximate surface area is 178 Å². The summed E-state index contributed by atoms with van der Waals surface area (Å²) >= 11 is 0. The molecule has 3 rings (SSSR count). The molecule has 0 aromatic heterocycles. The van der Waals surface area contributed by atoms with Crippen LogP contribution in [0.3, 0.4) is 0 Å². The SMILES string of the molecule is CC(C)(C)OC1CC(OCC2(COCCCOC3CN(C(C)(C)C)C3)CCC2)C1. The van der Waals surface area contributed by atoms with Gasteiger partial charge in [0.05, 0.1) is 37.1 Å². The summed E-state index contributed by atoms with van der Waals surface area (Å²) in [6.07, 6.45) is 8.02. The quantitative estimate of drug-likeness (QED) is 0.471. The van der Waals surface area contributed by atoms with Crippen LogP contribution in [-0.2, 0) is 18.9 Å². The number of hydrogen-bond acceptors (Lipinski definition) is 5. The fraction of sp³-hybridized carbons (Fsp3) is 1.00. The van der Waals surface area contributed by atoms with E-state index in [-0.39, 0.29) is 16.6 Å². The van der Waals surface area contributed by atoms with Crippen molar-refractivity contribution in [1.82, 2.24) is 4.90 Å². The van der Waals surface area contributed by atoms with Gasteiger partial charge in [0, 0.05) is 37.3 Å². The number of ether oxygens (including phenoxy) is 4. The van der Waals surface area contributed by atoms with Crippen molar-refractivity contribution in [3.63, 3.8) is 0 Å². The van der Waals surface area contributed by atoms with E-state index in [1.807, 2.05) is 0 Å². The van der Waals surface area contributed by atoms with Gasteiger partial charge in [0.1, 0.15) is 0 Å². The minimum atomic E-state index is -0.0486. The van der Waals surface area contributed by atoms with Crippen LogP contribution >= 0.6 is 0 Å². The highest BCUT2D eigenvalue weighted by atomic mass is 16.5. The Bertz CT molecular complexity index is 494. The molecule has 170 valence electrons. The molecule has 0 aromatic rings. The van der Waals surface area contributed by atoms with Gasteiger partial charge in [-0.15, -0.1) is 0 Å². The molecule has 5 heteroatoms. The first-order valence-electron chi connectivity index (χ1n) is 11.8. The van der Waals surface area contributed by atoms with Crippen molar-refractivity contribution in [3.05, 3.63) is 0 Å². The Morgan fingerprint density at radius 3 is 2.07 bits per heavy atom. The normalized spacial score (nSPS) is 27.9. The molecule has 2 saturated carbocycles. The zero-order chi connectivity index (χ0) is 21.1. The summed E-state index contributed by atoms with van der Waals surface area (Å²) in [5.74, 6) is 0. The molecular weight excluding hydrogens is 366 g/mol. The molecule has 0 atom stereocenters. The number of likely N-dealkylation sites (tertiary alicyclic amines) is 1. The lowest BCUT2D eigenvalue weighted by Gasteiger charge is -2.47. The molecule has 3 fully saturated rings. The highest BCUT2D eigenvalue weighted by Gasteiger charge is 2.41. The van der Waals surface area contributed by atoms with Crippen LogP contribution in [0.4, 0.5) is 0 Å². The highest BCUT2D eigenvalue weighted by molar-refractivity contribution is 4.91. The fourth-order valence-corrected chi connectivity index (χ4v) is 4.34. The van der Waals surface area contributed by atoms with Gasteiger partial charge < -0.3 is 18.9 Å². The minimum Gasteiger partial charge on any atom is -0.381 e. The molecule has 29 heavy (non-hydrogen) atoms. The Morgan fingerprint density at radius 2 is 1.52 bits per heavy atom. The first-order valence-corrected chi connectivity index (χ1v) is 11.8. The van der Waals surface area contributed by atoms with Crippen molar-refractivity contribution in [2.24, 2.45) is 5.41 Å². The van der Waals surface area contributed by atoms with Crippen molar-refractivity contribution in [1.29, 1.82) is 0 Å². The summed E-state index contributed by atoms with van der Waals surface area (Å²) < 4.78 is 24.2. The lowest BCUT2D eigenvalue weighted by Crippen LogP contribution is -2.59. The predicted molar refractivity (Wildman–Crippen MR) is 116 cm³/mol. The van der Waals surface area contributed by atoms with Gasteiger partial charge in [0.15, 0.2) is 0 Å². The maximum atomic E-state index is 6.21.